The van der Waals surface area contributed by atoms with Crippen LogP contribution < -0.4 is 15.1 Å². The van der Waals surface area contributed by atoms with Crippen molar-refractivity contribution in [3.8, 4) is 23.0 Å². The van der Waals surface area contributed by atoms with E-state index in [0.29, 0.717) is 23.5 Å². The molecule has 0 radical (unpaired) electrons. The molecule has 1 N–H and O–H groups in total. The molecule has 12 heteroatoms. The third-order valence-electron chi connectivity index (χ3n) is 18.8. The van der Waals surface area contributed by atoms with Crippen molar-refractivity contribution in [1.29, 1.82) is 0 Å². The van der Waals surface area contributed by atoms with Gasteiger partial charge in [-0.3, -0.25) is 14.2 Å². The maximum Gasteiger partial charge on any atom is 0.242 e. The van der Waals surface area contributed by atoms with E-state index in [1.807, 2.05) is 0 Å². The fraction of sp³-hybridized carbons (Fsp3) is 0.0120. The molecule has 19 rings (SSSR count). The average Bonchev–Trinajstić information content (AvgIpc) is 1.63. The van der Waals surface area contributed by atoms with Crippen LogP contribution in [0.15, 0.2) is 379 Å². The summed E-state index contributed by atoms with van der Waals surface area (Å²) < 4.78 is 6.90. The summed E-state index contributed by atoms with van der Waals surface area (Å²) in [5.41, 5.74) is 11.8. The molecule has 4 aromatic heterocycles. The van der Waals surface area contributed by atoms with E-state index in [1.165, 1.54) is 49.9 Å². The first-order valence-corrected chi connectivity index (χ1v) is 35.2. The molecule has 0 amide bonds. The minimum atomic E-state index is -2.17. The van der Waals surface area contributed by atoms with E-state index in [2.05, 4.69) is 368 Å². The summed E-state index contributed by atoms with van der Waals surface area (Å²) in [6.07, 6.45) is -0.389. The zero-order chi connectivity index (χ0) is 62.6. The Morgan fingerprint density at radius 2 is 0.747 bits per heavy atom. The van der Waals surface area contributed by atoms with E-state index < -0.39 is 20.1 Å². The van der Waals surface area contributed by atoms with Crippen LogP contribution in [0.5, 0.6) is 0 Å². The van der Waals surface area contributed by atoms with Crippen molar-refractivity contribution in [3.63, 3.8) is 0 Å². The number of rotatable bonds is 12. The molecule has 95 heavy (non-hydrogen) atoms. The molecule has 2 aliphatic rings. The van der Waals surface area contributed by atoms with Gasteiger partial charge in [-0.2, -0.15) is 15.0 Å². The molecule has 452 valence electrons. The molecule has 6 heterocycles. The van der Waals surface area contributed by atoms with Crippen LogP contribution in [0.4, 0.5) is 28.7 Å². The van der Waals surface area contributed by atoms with Gasteiger partial charge in [0.05, 0.1) is 55.8 Å². The number of para-hydroxylation sites is 6. The Kier molecular flexibility index (Phi) is 12.6. The first kappa shape index (κ1) is 54.7. The standard InChI is InChI=1S/C83H58N10S2/c1-7-30-59(31-8-1)94(60-32-9-2-10-33-60,61-34-11-3-12-35-61)65-50-52-70-77(55-65)91-78-56-66(95(62-36-13-4-14-37-62,63-38-15-5-16-39-63)64-40-17-6-18-41-64)51-53-76(78)93(83(91)85-70)81-87-79(57-28-27-29-58(54-57)89-71-45-22-19-42-67(71)68-43-20-23-46-72(68)89)86-80(88-81)92-75-49-26-25-48-74(75)90-73-47-24-21-44-69(73)84-82(90)92/h1-56,82,84H. The van der Waals surface area contributed by atoms with Gasteiger partial charge in [0.2, 0.25) is 17.7 Å². The van der Waals surface area contributed by atoms with E-state index in [-0.39, 0.29) is 6.29 Å². The molecule has 0 saturated carbocycles. The van der Waals surface area contributed by atoms with Gasteiger partial charge in [0, 0.05) is 61.2 Å². The summed E-state index contributed by atoms with van der Waals surface area (Å²) in [5, 5.41) is 6.26. The van der Waals surface area contributed by atoms with Gasteiger partial charge in [-0.05, 0) is 158 Å². The van der Waals surface area contributed by atoms with Gasteiger partial charge in [-0.1, -0.05) is 182 Å². The number of hydrogen-bond acceptors (Lipinski definition) is 7. The Bertz CT molecular complexity index is 5560. The van der Waals surface area contributed by atoms with E-state index in [0.717, 1.165) is 67.1 Å². The first-order chi connectivity index (χ1) is 47.1. The number of nitrogens with zero attached hydrogens (tertiary/aromatic N) is 9. The fourth-order valence-electron chi connectivity index (χ4n) is 14.8. The zero-order valence-corrected chi connectivity index (χ0v) is 52.9. The lowest BCUT2D eigenvalue weighted by molar-refractivity contribution is 0.773. The summed E-state index contributed by atoms with van der Waals surface area (Å²) in [7, 11) is -4.30. The zero-order valence-electron chi connectivity index (χ0n) is 51.3. The molecule has 0 bridgehead atoms. The van der Waals surface area contributed by atoms with Crippen LogP contribution >= 0.6 is 20.1 Å². The topological polar surface area (TPSA) is 84.3 Å². The van der Waals surface area contributed by atoms with E-state index in [4.69, 9.17) is 19.9 Å². The summed E-state index contributed by atoms with van der Waals surface area (Å²) in [6, 6.07) is 123. The van der Waals surface area contributed by atoms with Gasteiger partial charge < -0.3 is 9.88 Å². The lowest BCUT2D eigenvalue weighted by Crippen LogP contribution is -2.41. The van der Waals surface area contributed by atoms with Crippen LogP contribution in [0.3, 0.4) is 0 Å². The molecular weight excluding hydrogens is 1200 g/mol. The van der Waals surface area contributed by atoms with Crippen LogP contribution in [-0.4, -0.2) is 39.8 Å². The predicted octanol–water partition coefficient (Wildman–Crippen LogP) is 21.1. The summed E-state index contributed by atoms with van der Waals surface area (Å²) in [4.78, 5) is 37.2. The lowest BCUT2D eigenvalue weighted by atomic mass is 10.2. The van der Waals surface area contributed by atoms with Gasteiger partial charge in [0.25, 0.3) is 0 Å². The fourth-order valence-corrected chi connectivity index (χ4v) is 22.6. The molecule has 0 spiro atoms. The molecule has 1 atom stereocenters. The summed E-state index contributed by atoms with van der Waals surface area (Å²) in [6.45, 7) is 0. The number of aromatic nitrogens is 7. The normalized spacial score (nSPS) is 14.0. The van der Waals surface area contributed by atoms with Crippen molar-refractivity contribution in [1.82, 2.24) is 33.5 Å². The third kappa shape index (κ3) is 8.27. The lowest BCUT2D eigenvalue weighted by Gasteiger charge is -2.42. The van der Waals surface area contributed by atoms with Crippen LogP contribution in [0.2, 0.25) is 0 Å². The number of imidazole rings is 2. The van der Waals surface area contributed by atoms with Gasteiger partial charge in [0.1, 0.15) is 0 Å². The molecule has 1 unspecified atom stereocenters. The van der Waals surface area contributed by atoms with E-state index >= 15 is 0 Å². The summed E-state index contributed by atoms with van der Waals surface area (Å²) in [5.74, 6) is 2.08. The number of nitrogens with one attached hydrogen (secondary N) is 1. The number of anilines is 5. The van der Waals surface area contributed by atoms with Crippen molar-refractivity contribution < 1.29 is 0 Å². The van der Waals surface area contributed by atoms with Crippen LogP contribution in [0, 0.1) is 0 Å². The highest BCUT2D eigenvalue weighted by molar-refractivity contribution is 8.34. The molecular formula is C83H58N10S2. The summed E-state index contributed by atoms with van der Waals surface area (Å²) >= 11 is 0. The minimum absolute atomic E-state index is 0.389. The Labute approximate surface area is 551 Å². The third-order valence-corrected chi connectivity index (χ3v) is 26.6. The van der Waals surface area contributed by atoms with Crippen molar-refractivity contribution in [3.05, 3.63) is 340 Å². The highest BCUT2D eigenvalue weighted by Crippen LogP contribution is 2.75. The largest absolute Gasteiger partial charge is 0.346 e. The first-order valence-electron chi connectivity index (χ1n) is 32.0. The molecule has 17 aromatic rings. The second-order valence-electron chi connectivity index (χ2n) is 23.9. The second kappa shape index (κ2) is 21.8. The molecule has 10 nitrogen and oxygen atoms in total. The molecule has 0 fully saturated rings. The Hall–Kier alpha value is -12.0. The van der Waals surface area contributed by atoms with E-state index in [1.54, 1.807) is 0 Å². The average molecular weight is 1260 g/mol. The molecule has 0 aliphatic carbocycles. The van der Waals surface area contributed by atoms with Crippen LogP contribution in [-0.2, 0) is 0 Å². The number of hydrogen-bond donors (Lipinski definition) is 1. The maximum atomic E-state index is 5.79. The monoisotopic (exact) mass is 1260 g/mol. The Morgan fingerprint density at radius 3 is 1.29 bits per heavy atom. The van der Waals surface area contributed by atoms with Crippen LogP contribution in [0.1, 0.15) is 0 Å². The van der Waals surface area contributed by atoms with Crippen molar-refractivity contribution in [2.75, 3.05) is 15.1 Å². The van der Waals surface area contributed by atoms with E-state index in [9.17, 15) is 0 Å². The smallest absolute Gasteiger partial charge is 0.242 e. The molecule has 13 aromatic carbocycles. The number of fused-ring (bicyclic) bond motifs is 13. The maximum absolute atomic E-state index is 5.79. The highest BCUT2D eigenvalue weighted by Gasteiger charge is 2.45. The number of benzene rings is 13. The van der Waals surface area contributed by atoms with Crippen molar-refractivity contribution in [2.24, 2.45) is 0 Å². The quantitative estimate of drug-likeness (QED) is 0.130. The predicted molar refractivity (Wildman–Crippen MR) is 387 cm³/mol. The van der Waals surface area contributed by atoms with Crippen LogP contribution in [0.25, 0.3) is 72.7 Å². The highest BCUT2D eigenvalue weighted by atomic mass is 32.3. The Balaban J connectivity index is 0.919. The van der Waals surface area contributed by atoms with Gasteiger partial charge in [-0.15, -0.1) is 20.1 Å². The second-order valence-corrected chi connectivity index (χ2v) is 30.2. The molecule has 0 saturated heterocycles. The van der Waals surface area contributed by atoms with Gasteiger partial charge in [0.15, 0.2) is 12.1 Å². The van der Waals surface area contributed by atoms with Gasteiger partial charge in [-0.25, -0.2) is 9.55 Å². The van der Waals surface area contributed by atoms with Crippen molar-refractivity contribution >= 4 is 98.4 Å². The Morgan fingerprint density at radius 1 is 0.295 bits per heavy atom. The SMILES string of the molecule is c1ccc(S(c2ccccc2)(c2ccccc2)c2ccc3nc4n(-c5nc(-c6cccc(-n7c8ccccc8c8ccccc87)c6)nc(N6c7ccccc7N7c8ccccc8NC67)n5)c5ccc(S(c6ccccc6)(c6ccccc6)c6ccccc6)cc5n4c3c2)cc1. The van der Waals surface area contributed by atoms with Gasteiger partial charge >= 0.3 is 0 Å². The van der Waals surface area contributed by atoms with Crippen molar-refractivity contribution in [2.45, 2.75) is 45.5 Å². The minimum Gasteiger partial charge on any atom is -0.346 e. The molecule has 2 aliphatic heterocycles.